The first-order valence-electron chi connectivity index (χ1n) is 6.71. The molecule has 0 spiro atoms. The summed E-state index contributed by atoms with van der Waals surface area (Å²) in [4.78, 5) is 0. The third kappa shape index (κ3) is 1.40. The summed E-state index contributed by atoms with van der Waals surface area (Å²) in [6.45, 7) is 7.52. The van der Waals surface area contributed by atoms with E-state index in [0.717, 1.165) is 5.92 Å². The summed E-state index contributed by atoms with van der Waals surface area (Å²) in [5, 5.41) is 0. The lowest BCUT2D eigenvalue weighted by Crippen LogP contribution is -2.30. The minimum absolute atomic E-state index is 0.587. The molecule has 0 aliphatic heterocycles. The molecule has 84 valence electrons. The predicted octanol–water partition coefficient (Wildman–Crippen LogP) is 4.70. The Kier molecular flexibility index (Phi) is 1.92. The van der Waals surface area contributed by atoms with Crippen molar-refractivity contribution in [2.45, 2.75) is 65.7 Å². The summed E-state index contributed by atoms with van der Waals surface area (Å²) in [7, 11) is 0. The fourth-order valence-electron chi connectivity index (χ4n) is 4.55. The molecule has 1 fully saturated rings. The largest absolute Gasteiger partial charge is 0.0701 e. The number of fused-ring (bicyclic) bond motifs is 1. The first-order chi connectivity index (χ1) is 7.00. The van der Waals surface area contributed by atoms with Gasteiger partial charge < -0.3 is 0 Å². The van der Waals surface area contributed by atoms with Crippen molar-refractivity contribution >= 4 is 0 Å². The van der Waals surface area contributed by atoms with Gasteiger partial charge in [0.15, 0.2) is 0 Å². The smallest absolute Gasteiger partial charge is 0.0146 e. The molecule has 0 N–H and O–H groups in total. The quantitative estimate of drug-likeness (QED) is 0.502. The van der Waals surface area contributed by atoms with E-state index in [-0.39, 0.29) is 0 Å². The van der Waals surface area contributed by atoms with Crippen LogP contribution >= 0.6 is 0 Å². The molecule has 0 saturated heterocycles. The van der Waals surface area contributed by atoms with Crippen LogP contribution < -0.4 is 0 Å². The highest BCUT2D eigenvalue weighted by molar-refractivity contribution is 5.31. The molecule has 1 saturated carbocycles. The fourth-order valence-corrected chi connectivity index (χ4v) is 4.55. The maximum Gasteiger partial charge on any atom is -0.0146 e. The molecular formula is C15H24. The van der Waals surface area contributed by atoms with Crippen molar-refractivity contribution in [2.24, 2.45) is 16.7 Å². The van der Waals surface area contributed by atoms with Gasteiger partial charge in [-0.15, -0.1) is 0 Å². The molecule has 3 aliphatic carbocycles. The van der Waals surface area contributed by atoms with Gasteiger partial charge in [-0.05, 0) is 61.7 Å². The predicted molar refractivity (Wildman–Crippen MR) is 64.7 cm³/mol. The Morgan fingerprint density at radius 3 is 2.67 bits per heavy atom. The number of hydrogen-bond donors (Lipinski definition) is 0. The average molecular weight is 204 g/mol. The minimum Gasteiger partial charge on any atom is -0.0701 e. The van der Waals surface area contributed by atoms with Gasteiger partial charge in [-0.2, -0.15) is 0 Å². The molecular weight excluding hydrogens is 180 g/mol. The van der Waals surface area contributed by atoms with Crippen molar-refractivity contribution in [1.82, 2.24) is 0 Å². The molecule has 2 atom stereocenters. The van der Waals surface area contributed by atoms with Gasteiger partial charge in [0.25, 0.3) is 0 Å². The SMILES string of the molecule is CC12CCCC3=C(C1)C(CC2)C(C)(C)C3. The van der Waals surface area contributed by atoms with E-state index < -0.39 is 0 Å². The van der Waals surface area contributed by atoms with Crippen molar-refractivity contribution in [3.63, 3.8) is 0 Å². The third-order valence-electron chi connectivity index (χ3n) is 5.40. The van der Waals surface area contributed by atoms with Crippen LogP contribution in [0.25, 0.3) is 0 Å². The van der Waals surface area contributed by atoms with Crippen LogP contribution in [0.5, 0.6) is 0 Å². The number of allylic oxidation sites excluding steroid dienone is 2. The molecule has 2 bridgehead atoms. The summed E-state index contributed by atoms with van der Waals surface area (Å²) in [5.74, 6) is 0.943. The van der Waals surface area contributed by atoms with Crippen LogP contribution in [0, 0.1) is 16.7 Å². The van der Waals surface area contributed by atoms with Crippen LogP contribution in [0.4, 0.5) is 0 Å². The topological polar surface area (TPSA) is 0 Å². The van der Waals surface area contributed by atoms with Crippen molar-refractivity contribution in [3.05, 3.63) is 11.1 Å². The van der Waals surface area contributed by atoms with Gasteiger partial charge in [0, 0.05) is 0 Å². The maximum absolute atomic E-state index is 2.53. The number of rotatable bonds is 0. The molecule has 3 rings (SSSR count). The Hall–Kier alpha value is -0.260. The van der Waals surface area contributed by atoms with Gasteiger partial charge in [-0.25, -0.2) is 0 Å². The van der Waals surface area contributed by atoms with Gasteiger partial charge in [-0.3, -0.25) is 0 Å². The van der Waals surface area contributed by atoms with Gasteiger partial charge in [0.2, 0.25) is 0 Å². The fraction of sp³-hybridized carbons (Fsp3) is 0.867. The monoisotopic (exact) mass is 204 g/mol. The lowest BCUT2D eigenvalue weighted by molar-refractivity contribution is 0.149. The van der Waals surface area contributed by atoms with E-state index in [4.69, 9.17) is 0 Å². The second kappa shape index (κ2) is 2.90. The van der Waals surface area contributed by atoms with Crippen LogP contribution in [0.15, 0.2) is 11.1 Å². The molecule has 0 aromatic carbocycles. The third-order valence-corrected chi connectivity index (χ3v) is 5.40. The van der Waals surface area contributed by atoms with Gasteiger partial charge in [-0.1, -0.05) is 31.9 Å². The Bertz CT molecular complexity index is 321. The first-order valence-corrected chi connectivity index (χ1v) is 6.71. The van der Waals surface area contributed by atoms with Crippen molar-refractivity contribution in [3.8, 4) is 0 Å². The van der Waals surface area contributed by atoms with E-state index in [2.05, 4.69) is 20.8 Å². The standard InChI is InChI=1S/C15H24/c1-14(2)9-11-5-4-7-15(3)8-6-13(14)12(11)10-15/h13H,4-10H2,1-3H3. The molecule has 2 unspecified atom stereocenters. The lowest BCUT2D eigenvalue weighted by Gasteiger charge is -2.41. The zero-order valence-electron chi connectivity index (χ0n) is 10.5. The van der Waals surface area contributed by atoms with Crippen LogP contribution in [-0.4, -0.2) is 0 Å². The second-order valence-electron chi connectivity index (χ2n) is 7.23. The average Bonchev–Trinajstić information content (AvgIpc) is 2.31. The highest BCUT2D eigenvalue weighted by Gasteiger charge is 2.47. The minimum atomic E-state index is 0.587. The van der Waals surface area contributed by atoms with Crippen molar-refractivity contribution < 1.29 is 0 Å². The molecule has 3 aliphatic rings. The van der Waals surface area contributed by atoms with Crippen LogP contribution in [-0.2, 0) is 0 Å². The Balaban J connectivity index is 2.00. The lowest BCUT2D eigenvalue weighted by atomic mass is 9.63. The zero-order valence-corrected chi connectivity index (χ0v) is 10.5. The van der Waals surface area contributed by atoms with Crippen molar-refractivity contribution in [2.75, 3.05) is 0 Å². The normalized spacial score (nSPS) is 43.0. The molecule has 0 heteroatoms. The van der Waals surface area contributed by atoms with E-state index >= 15 is 0 Å². The molecule has 0 aromatic heterocycles. The van der Waals surface area contributed by atoms with Gasteiger partial charge >= 0.3 is 0 Å². The highest BCUT2D eigenvalue weighted by Crippen LogP contribution is 2.59. The van der Waals surface area contributed by atoms with E-state index in [9.17, 15) is 0 Å². The van der Waals surface area contributed by atoms with Crippen molar-refractivity contribution in [1.29, 1.82) is 0 Å². The molecule has 0 radical (unpaired) electrons. The first kappa shape index (κ1) is 9.93. The zero-order chi connectivity index (χ0) is 10.7. The van der Waals surface area contributed by atoms with E-state index in [1.54, 1.807) is 0 Å². The summed E-state index contributed by atoms with van der Waals surface area (Å²) < 4.78 is 0. The van der Waals surface area contributed by atoms with Gasteiger partial charge in [0.1, 0.15) is 0 Å². The molecule has 0 heterocycles. The molecule has 0 nitrogen and oxygen atoms in total. The molecule has 0 aromatic rings. The Morgan fingerprint density at radius 1 is 1.07 bits per heavy atom. The van der Waals surface area contributed by atoms with Gasteiger partial charge in [0.05, 0.1) is 0 Å². The van der Waals surface area contributed by atoms with Crippen LogP contribution in [0.1, 0.15) is 65.7 Å². The highest BCUT2D eigenvalue weighted by atomic mass is 14.5. The Morgan fingerprint density at radius 2 is 1.87 bits per heavy atom. The summed E-state index contributed by atoms with van der Waals surface area (Å²) in [6.07, 6.45) is 10.2. The summed E-state index contributed by atoms with van der Waals surface area (Å²) >= 11 is 0. The van der Waals surface area contributed by atoms with E-state index in [0.29, 0.717) is 10.8 Å². The van der Waals surface area contributed by atoms with E-state index in [1.165, 1.54) is 44.9 Å². The maximum atomic E-state index is 2.53. The summed E-state index contributed by atoms with van der Waals surface area (Å²) in [6, 6.07) is 0. The Labute approximate surface area is 94.1 Å². The second-order valence-corrected chi connectivity index (χ2v) is 7.23. The van der Waals surface area contributed by atoms with Crippen LogP contribution in [0.3, 0.4) is 0 Å². The number of hydrogen-bond acceptors (Lipinski definition) is 0. The molecule has 0 amide bonds. The molecule has 15 heavy (non-hydrogen) atoms. The summed E-state index contributed by atoms with van der Waals surface area (Å²) in [5.41, 5.74) is 5.04. The van der Waals surface area contributed by atoms with E-state index in [1.807, 2.05) is 11.1 Å². The van der Waals surface area contributed by atoms with Crippen LogP contribution in [0.2, 0.25) is 0 Å².